The van der Waals surface area contributed by atoms with E-state index in [2.05, 4.69) is 20.2 Å². The quantitative estimate of drug-likeness (QED) is 0.757. The van der Waals surface area contributed by atoms with Crippen molar-refractivity contribution in [2.45, 2.75) is 13.0 Å². The van der Waals surface area contributed by atoms with E-state index in [1.54, 1.807) is 6.07 Å². The smallest absolute Gasteiger partial charge is 0.243 e. The Bertz CT molecular complexity index is 790. The third-order valence-corrected chi connectivity index (χ3v) is 3.55. The van der Waals surface area contributed by atoms with Crippen molar-refractivity contribution in [1.82, 2.24) is 20.3 Å². The molecule has 1 heterocycles. The van der Waals surface area contributed by atoms with Crippen LogP contribution in [0, 0.1) is 0 Å². The van der Waals surface area contributed by atoms with Gasteiger partial charge >= 0.3 is 0 Å². The van der Waals surface area contributed by atoms with E-state index >= 15 is 0 Å². The highest BCUT2D eigenvalue weighted by Gasteiger charge is 2.09. The van der Waals surface area contributed by atoms with Gasteiger partial charge in [-0.3, -0.25) is 9.52 Å². The zero-order valence-corrected chi connectivity index (χ0v) is 13.9. The van der Waals surface area contributed by atoms with Crippen molar-refractivity contribution >= 4 is 33.3 Å². The standard InChI is InChI=1S/C13H16ClN5O3S/c1-23(21,22)18-12-8-16-19(17-12)9-13(20)15-6-5-10-3-2-4-11(14)7-10/h2-4,7-8H,5-6,9H2,1H3,(H,15,20)(H,17,18). The van der Waals surface area contributed by atoms with Crippen molar-refractivity contribution in [2.24, 2.45) is 0 Å². The van der Waals surface area contributed by atoms with Crippen molar-refractivity contribution in [3.63, 3.8) is 0 Å². The molecule has 23 heavy (non-hydrogen) atoms. The maximum Gasteiger partial charge on any atom is 0.243 e. The second-order valence-electron chi connectivity index (χ2n) is 4.86. The number of rotatable bonds is 7. The maximum absolute atomic E-state index is 11.8. The van der Waals surface area contributed by atoms with E-state index in [-0.39, 0.29) is 18.3 Å². The van der Waals surface area contributed by atoms with Crippen LogP contribution in [0.5, 0.6) is 0 Å². The van der Waals surface area contributed by atoms with E-state index in [1.807, 2.05) is 18.2 Å². The van der Waals surface area contributed by atoms with Crippen molar-refractivity contribution in [3.05, 3.63) is 41.0 Å². The average Bonchev–Trinajstić information content (AvgIpc) is 2.83. The summed E-state index contributed by atoms with van der Waals surface area (Å²) < 4.78 is 24.3. The summed E-state index contributed by atoms with van der Waals surface area (Å²) in [5, 5.41) is 11.1. The minimum absolute atomic E-state index is 0.0687. The van der Waals surface area contributed by atoms with Crippen molar-refractivity contribution in [1.29, 1.82) is 0 Å². The zero-order valence-electron chi connectivity index (χ0n) is 12.4. The molecule has 0 atom stereocenters. The van der Waals surface area contributed by atoms with Crippen LogP contribution < -0.4 is 10.0 Å². The summed E-state index contributed by atoms with van der Waals surface area (Å²) in [6.45, 7) is 0.357. The van der Waals surface area contributed by atoms with Gasteiger partial charge in [0.25, 0.3) is 0 Å². The predicted molar refractivity (Wildman–Crippen MR) is 86.7 cm³/mol. The van der Waals surface area contributed by atoms with Gasteiger partial charge in [0.2, 0.25) is 15.9 Å². The molecule has 8 nitrogen and oxygen atoms in total. The highest BCUT2D eigenvalue weighted by molar-refractivity contribution is 7.92. The summed E-state index contributed by atoms with van der Waals surface area (Å²) in [6, 6.07) is 7.40. The Balaban J connectivity index is 1.79. The number of nitrogens with one attached hydrogen (secondary N) is 2. The van der Waals surface area contributed by atoms with Gasteiger partial charge in [-0.1, -0.05) is 23.7 Å². The lowest BCUT2D eigenvalue weighted by atomic mass is 10.1. The van der Waals surface area contributed by atoms with Crippen LogP contribution in [-0.4, -0.2) is 42.1 Å². The number of sulfonamides is 1. The van der Waals surface area contributed by atoms with Crippen LogP contribution in [0.4, 0.5) is 5.82 Å². The fourth-order valence-corrected chi connectivity index (χ4v) is 2.52. The number of anilines is 1. The van der Waals surface area contributed by atoms with Crippen LogP contribution in [0.3, 0.4) is 0 Å². The Labute approximate surface area is 138 Å². The molecule has 1 aromatic heterocycles. The third-order valence-electron chi connectivity index (χ3n) is 2.74. The molecule has 2 aromatic rings. The number of carbonyl (C=O) groups excluding carboxylic acids is 1. The topological polar surface area (TPSA) is 106 Å². The van der Waals surface area contributed by atoms with Gasteiger partial charge in [-0.15, -0.1) is 5.10 Å². The minimum Gasteiger partial charge on any atom is -0.354 e. The number of nitrogens with zero attached hydrogens (tertiary/aromatic N) is 3. The summed E-state index contributed by atoms with van der Waals surface area (Å²) in [5.74, 6) is -0.201. The molecule has 0 saturated heterocycles. The van der Waals surface area contributed by atoms with Crippen LogP contribution in [0.2, 0.25) is 5.02 Å². The van der Waals surface area contributed by atoms with E-state index in [0.29, 0.717) is 18.0 Å². The molecule has 1 aromatic carbocycles. The second-order valence-corrected chi connectivity index (χ2v) is 7.05. The van der Waals surface area contributed by atoms with Gasteiger partial charge in [0.05, 0.1) is 12.5 Å². The van der Waals surface area contributed by atoms with E-state index in [1.165, 1.54) is 6.20 Å². The maximum atomic E-state index is 11.8. The summed E-state index contributed by atoms with van der Waals surface area (Å²) in [5.41, 5.74) is 1.02. The molecule has 0 radical (unpaired) electrons. The number of halogens is 1. The normalized spacial score (nSPS) is 11.2. The molecule has 1 amide bonds. The second kappa shape index (κ2) is 7.42. The van der Waals surface area contributed by atoms with E-state index in [9.17, 15) is 13.2 Å². The molecule has 0 spiro atoms. The molecule has 0 saturated carbocycles. The summed E-state index contributed by atoms with van der Waals surface area (Å²) in [7, 11) is -3.42. The van der Waals surface area contributed by atoms with Gasteiger partial charge in [0.1, 0.15) is 6.54 Å². The highest BCUT2D eigenvalue weighted by Crippen LogP contribution is 2.10. The minimum atomic E-state index is -3.42. The molecule has 0 aliphatic heterocycles. The molecule has 2 rings (SSSR count). The number of hydrogen-bond acceptors (Lipinski definition) is 5. The number of carbonyl (C=O) groups is 1. The van der Waals surface area contributed by atoms with Crippen LogP contribution >= 0.6 is 11.6 Å². The Hall–Kier alpha value is -2.13. The average molecular weight is 358 g/mol. The van der Waals surface area contributed by atoms with Gasteiger partial charge < -0.3 is 5.32 Å². The lowest BCUT2D eigenvalue weighted by Gasteiger charge is -2.05. The van der Waals surface area contributed by atoms with Gasteiger partial charge in [0, 0.05) is 11.6 Å². The molecule has 0 bridgehead atoms. The van der Waals surface area contributed by atoms with Crippen molar-refractivity contribution < 1.29 is 13.2 Å². The third kappa shape index (κ3) is 6.25. The number of benzene rings is 1. The van der Waals surface area contributed by atoms with E-state index < -0.39 is 10.0 Å². The van der Waals surface area contributed by atoms with Crippen LogP contribution in [0.15, 0.2) is 30.5 Å². The lowest BCUT2D eigenvalue weighted by molar-refractivity contribution is -0.122. The molecule has 124 valence electrons. The predicted octanol–water partition coefficient (Wildman–Crippen LogP) is 0.662. The molecule has 10 heteroatoms. The number of amides is 1. The van der Waals surface area contributed by atoms with Crippen LogP contribution in [0.1, 0.15) is 5.56 Å². The molecule has 0 unspecified atom stereocenters. The van der Waals surface area contributed by atoms with Crippen molar-refractivity contribution in [2.75, 3.05) is 17.5 Å². The van der Waals surface area contributed by atoms with Gasteiger partial charge in [0.15, 0.2) is 5.82 Å². The first-order chi connectivity index (χ1) is 10.8. The number of hydrogen-bond donors (Lipinski definition) is 2. The SMILES string of the molecule is CS(=O)(=O)Nc1cnn(CC(=O)NCCc2cccc(Cl)c2)n1. The summed E-state index contributed by atoms with van der Waals surface area (Å²) in [6.07, 6.45) is 2.90. The summed E-state index contributed by atoms with van der Waals surface area (Å²) >= 11 is 5.89. The first kappa shape index (κ1) is 17.2. The Morgan fingerprint density at radius 2 is 2.17 bits per heavy atom. The number of aromatic nitrogens is 3. The Kier molecular flexibility index (Phi) is 5.56. The van der Waals surface area contributed by atoms with Crippen molar-refractivity contribution in [3.8, 4) is 0 Å². The van der Waals surface area contributed by atoms with Crippen LogP contribution in [0.25, 0.3) is 0 Å². The first-order valence-electron chi connectivity index (χ1n) is 6.71. The highest BCUT2D eigenvalue weighted by atomic mass is 35.5. The molecular formula is C13H16ClN5O3S. The van der Waals surface area contributed by atoms with Gasteiger partial charge in [-0.05, 0) is 24.1 Å². The lowest BCUT2D eigenvalue weighted by Crippen LogP contribution is -2.30. The van der Waals surface area contributed by atoms with Gasteiger partial charge in [-0.2, -0.15) is 9.90 Å². The Morgan fingerprint density at radius 1 is 1.39 bits per heavy atom. The molecular weight excluding hydrogens is 342 g/mol. The largest absolute Gasteiger partial charge is 0.354 e. The van der Waals surface area contributed by atoms with E-state index in [0.717, 1.165) is 16.6 Å². The fourth-order valence-electron chi connectivity index (χ4n) is 1.83. The first-order valence-corrected chi connectivity index (χ1v) is 8.98. The molecule has 0 aliphatic carbocycles. The molecule has 2 N–H and O–H groups in total. The zero-order chi connectivity index (χ0) is 16.9. The fraction of sp³-hybridized carbons (Fsp3) is 0.308. The van der Waals surface area contributed by atoms with E-state index in [4.69, 9.17) is 11.6 Å². The Morgan fingerprint density at radius 3 is 2.87 bits per heavy atom. The van der Waals surface area contributed by atoms with Gasteiger partial charge in [-0.25, -0.2) is 8.42 Å². The molecule has 0 fully saturated rings. The monoisotopic (exact) mass is 357 g/mol. The molecule has 0 aliphatic rings. The van der Waals surface area contributed by atoms with Crippen LogP contribution in [-0.2, 0) is 27.8 Å². The summed E-state index contributed by atoms with van der Waals surface area (Å²) in [4.78, 5) is 12.9.